The Morgan fingerprint density at radius 2 is 1.84 bits per heavy atom. The normalized spacial score (nSPS) is 16.4. The molecule has 0 amide bonds. The van der Waals surface area contributed by atoms with Crippen LogP contribution in [0.2, 0.25) is 0 Å². The van der Waals surface area contributed by atoms with E-state index in [-0.39, 0.29) is 31.1 Å². The predicted octanol–water partition coefficient (Wildman–Crippen LogP) is 6.18. The third-order valence-corrected chi connectivity index (χ3v) is 4.18. The molecular weight excluding hydrogens is 530 g/mol. The van der Waals surface area contributed by atoms with Gasteiger partial charge in [0.2, 0.25) is 0 Å². The molecule has 2 heteroatoms. The first-order valence-corrected chi connectivity index (χ1v) is 8.28. The average molecular weight is 554 g/mol. The van der Waals surface area contributed by atoms with Gasteiger partial charge in [0.25, 0.3) is 0 Å². The fourth-order valence-corrected chi connectivity index (χ4v) is 3.00. The Labute approximate surface area is 175 Å². The quantitative estimate of drug-likeness (QED) is 0.273. The third kappa shape index (κ3) is 6.39. The van der Waals surface area contributed by atoms with Crippen LogP contribution in [-0.2, 0) is 0 Å². The van der Waals surface area contributed by atoms with Gasteiger partial charge in [-0.3, -0.25) is 6.58 Å². The zero-order chi connectivity index (χ0) is 17.4. The molecular formula is C23H24OU. The van der Waals surface area contributed by atoms with Crippen LogP contribution in [0, 0.1) is 43.8 Å². The summed E-state index contributed by atoms with van der Waals surface area (Å²) >= 11 is 0. The van der Waals surface area contributed by atoms with Gasteiger partial charge in [-0.15, -0.1) is 23.3 Å². The molecule has 1 N–H and O–H groups in total. The number of benzene rings is 2. The van der Waals surface area contributed by atoms with E-state index in [1.165, 1.54) is 18.4 Å². The third-order valence-electron chi connectivity index (χ3n) is 4.18. The summed E-state index contributed by atoms with van der Waals surface area (Å²) in [6.07, 6.45) is 9.80. The van der Waals surface area contributed by atoms with Gasteiger partial charge in [0, 0.05) is 5.75 Å². The molecule has 0 saturated heterocycles. The molecule has 0 saturated carbocycles. The Balaban J connectivity index is 0.00000101. The number of hydrogen-bond acceptors (Lipinski definition) is 1. The zero-order valence-electron chi connectivity index (χ0n) is 14.7. The number of phenolic OH excluding ortho intramolecular Hbond substituents is 1. The molecule has 2 aromatic rings. The number of aromatic hydroxyl groups is 1. The first-order valence-electron chi connectivity index (χ1n) is 8.28. The van der Waals surface area contributed by atoms with E-state index in [9.17, 15) is 5.11 Å². The van der Waals surface area contributed by atoms with Gasteiger partial charge in [0.05, 0.1) is 0 Å². The van der Waals surface area contributed by atoms with Crippen LogP contribution in [0.1, 0.15) is 48.8 Å². The van der Waals surface area contributed by atoms with Crippen molar-refractivity contribution in [1.29, 1.82) is 0 Å². The maximum Gasteiger partial charge on any atom is 2.00 e. The average Bonchev–Trinajstić information content (AvgIpc) is 2.63. The minimum Gasteiger partial charge on any atom is -0.565 e. The molecule has 25 heavy (non-hydrogen) atoms. The summed E-state index contributed by atoms with van der Waals surface area (Å²) in [6.45, 7) is 9.17. The number of allylic oxidation sites excluding steroid dienone is 2. The van der Waals surface area contributed by atoms with Crippen LogP contribution < -0.4 is 0 Å². The molecule has 0 radical (unpaired) electrons. The molecule has 0 bridgehead atoms. The van der Waals surface area contributed by atoms with Gasteiger partial charge in [0.1, 0.15) is 0 Å². The van der Waals surface area contributed by atoms with Gasteiger partial charge < -0.3 is 11.7 Å². The first-order chi connectivity index (χ1) is 11.7. The van der Waals surface area contributed by atoms with Crippen molar-refractivity contribution >= 4 is 12.2 Å². The Morgan fingerprint density at radius 3 is 2.48 bits per heavy atom. The molecule has 2 aromatic carbocycles. The molecule has 1 unspecified atom stereocenters. The van der Waals surface area contributed by atoms with Crippen molar-refractivity contribution in [1.82, 2.24) is 0 Å². The van der Waals surface area contributed by atoms with E-state index in [0.29, 0.717) is 11.7 Å². The molecule has 1 aliphatic rings. The topological polar surface area (TPSA) is 20.2 Å². The Morgan fingerprint density at radius 1 is 1.16 bits per heavy atom. The van der Waals surface area contributed by atoms with Crippen molar-refractivity contribution in [2.24, 2.45) is 0 Å². The molecule has 0 fully saturated rings. The van der Waals surface area contributed by atoms with Crippen LogP contribution in [0.25, 0.3) is 12.2 Å². The van der Waals surface area contributed by atoms with Crippen molar-refractivity contribution in [2.45, 2.75) is 32.1 Å². The second-order valence-corrected chi connectivity index (χ2v) is 5.99. The van der Waals surface area contributed by atoms with E-state index in [2.05, 4.69) is 44.4 Å². The molecule has 0 aliphatic heterocycles. The number of phenols is 1. The molecule has 126 valence electrons. The van der Waals surface area contributed by atoms with Gasteiger partial charge in [-0.05, 0) is 37.7 Å². The van der Waals surface area contributed by atoms with Gasteiger partial charge in [-0.25, -0.2) is 0 Å². The van der Waals surface area contributed by atoms with Crippen molar-refractivity contribution in [3.63, 3.8) is 0 Å². The maximum atomic E-state index is 10.3. The van der Waals surface area contributed by atoms with Crippen LogP contribution in [0.15, 0.2) is 60.7 Å². The first kappa shape index (κ1) is 21.6. The van der Waals surface area contributed by atoms with Crippen LogP contribution in [0.3, 0.4) is 0 Å². The predicted molar refractivity (Wildman–Crippen MR) is 103 cm³/mol. The Hall–Kier alpha value is -1.49. The summed E-state index contributed by atoms with van der Waals surface area (Å²) in [5.74, 6) is 0.659. The summed E-state index contributed by atoms with van der Waals surface area (Å²) in [5.41, 5.74) is 4.46. The second-order valence-electron chi connectivity index (χ2n) is 5.99. The molecule has 1 atom stereocenters. The summed E-state index contributed by atoms with van der Waals surface area (Å²) in [4.78, 5) is 0. The summed E-state index contributed by atoms with van der Waals surface area (Å²) in [6, 6.07) is 17.2. The van der Waals surface area contributed by atoms with E-state index in [4.69, 9.17) is 0 Å². The van der Waals surface area contributed by atoms with Gasteiger partial charge in [0.15, 0.2) is 0 Å². The van der Waals surface area contributed by atoms with Crippen LogP contribution in [-0.4, -0.2) is 5.11 Å². The van der Waals surface area contributed by atoms with Crippen molar-refractivity contribution in [3.05, 3.63) is 90.0 Å². The van der Waals surface area contributed by atoms with Gasteiger partial charge >= 0.3 is 31.1 Å². The maximum absolute atomic E-state index is 10.3. The van der Waals surface area contributed by atoms with E-state index < -0.39 is 0 Å². The van der Waals surface area contributed by atoms with Crippen molar-refractivity contribution < 1.29 is 36.2 Å². The van der Waals surface area contributed by atoms with E-state index >= 15 is 0 Å². The Bertz CT molecular complexity index is 716. The second kappa shape index (κ2) is 11.2. The van der Waals surface area contributed by atoms with Crippen molar-refractivity contribution in [3.8, 4) is 5.75 Å². The zero-order valence-corrected chi connectivity index (χ0v) is 18.9. The molecule has 3 rings (SSSR count). The largest absolute Gasteiger partial charge is 2.00 e. The molecule has 1 nitrogen and oxygen atoms in total. The van der Waals surface area contributed by atoms with E-state index in [1.54, 1.807) is 0 Å². The fourth-order valence-electron chi connectivity index (χ4n) is 3.00. The van der Waals surface area contributed by atoms with E-state index in [0.717, 1.165) is 23.1 Å². The standard InChI is InChI=1S/C21H21O.C2H3.U/c1-16-6-5-9-19(14-16)20-13-12-18(15-21(20)22)11-10-17-7-3-2-4-8-17;1-2;/h2-4,7-8,10-12,14-15,19,22H,5-6,9H2,1H3;1H,2H2;/q2*-1;+2/b11-10+;;. The monoisotopic (exact) mass is 554 g/mol. The SMILES string of the molecule is CC1=CC(c2[c-]cc(/C=C/c3ccccc3)cc2O)CCC1.[CH-]=C.[U+2]. The number of hydrogen-bond donors (Lipinski definition) is 1. The Kier molecular flexibility index (Phi) is 9.65. The molecule has 0 aromatic heterocycles. The van der Waals surface area contributed by atoms with Crippen LogP contribution >= 0.6 is 0 Å². The molecule has 1 aliphatic carbocycles. The molecule has 0 heterocycles. The van der Waals surface area contributed by atoms with E-state index in [1.807, 2.05) is 42.5 Å². The number of rotatable bonds is 3. The summed E-state index contributed by atoms with van der Waals surface area (Å²) < 4.78 is 0. The van der Waals surface area contributed by atoms with Gasteiger partial charge in [-0.1, -0.05) is 48.1 Å². The minimum atomic E-state index is 0. The molecule has 0 spiro atoms. The summed E-state index contributed by atoms with van der Waals surface area (Å²) in [5, 5.41) is 10.3. The van der Waals surface area contributed by atoms with Crippen molar-refractivity contribution in [2.75, 3.05) is 0 Å². The van der Waals surface area contributed by atoms with Gasteiger partial charge in [-0.2, -0.15) is 12.1 Å². The fraction of sp³-hybridized carbons (Fsp3) is 0.217. The smallest absolute Gasteiger partial charge is 0.565 e. The van der Waals surface area contributed by atoms with Crippen LogP contribution in [0.4, 0.5) is 0 Å². The minimum absolute atomic E-state index is 0. The summed E-state index contributed by atoms with van der Waals surface area (Å²) in [7, 11) is 0. The van der Waals surface area contributed by atoms with Crippen LogP contribution in [0.5, 0.6) is 5.75 Å².